The van der Waals surface area contributed by atoms with E-state index in [1.807, 2.05) is 19.1 Å². The lowest BCUT2D eigenvalue weighted by Gasteiger charge is -2.27. The zero-order chi connectivity index (χ0) is 13.9. The van der Waals surface area contributed by atoms with Crippen LogP contribution in [0.5, 0.6) is 0 Å². The number of para-hydroxylation sites is 1. The van der Waals surface area contributed by atoms with E-state index in [0.29, 0.717) is 32.0 Å². The smallest absolute Gasteiger partial charge is 0.301 e. The van der Waals surface area contributed by atoms with Gasteiger partial charge in [0, 0.05) is 13.1 Å². The summed E-state index contributed by atoms with van der Waals surface area (Å²) < 4.78 is 33.6. The molecule has 0 aliphatic carbocycles. The molecule has 1 saturated heterocycles. The lowest BCUT2D eigenvalue weighted by atomic mass is 10.1. The predicted octanol–water partition coefficient (Wildman–Crippen LogP) is 1.98. The first-order chi connectivity index (χ1) is 9.00. The number of benzene rings is 1. The van der Waals surface area contributed by atoms with Gasteiger partial charge in [-0.1, -0.05) is 18.2 Å². The number of hydrogen-bond donors (Lipinski definition) is 1. The van der Waals surface area contributed by atoms with Gasteiger partial charge in [-0.15, -0.1) is 11.6 Å². The van der Waals surface area contributed by atoms with Gasteiger partial charge in [0.05, 0.1) is 24.3 Å². The van der Waals surface area contributed by atoms with E-state index in [4.69, 9.17) is 16.3 Å². The first-order valence-electron chi connectivity index (χ1n) is 6.09. The molecule has 19 heavy (non-hydrogen) atoms. The highest BCUT2D eigenvalue weighted by atomic mass is 35.5. The number of alkyl halides is 1. The van der Waals surface area contributed by atoms with Crippen LogP contribution in [-0.4, -0.2) is 39.0 Å². The molecule has 5 nitrogen and oxygen atoms in total. The van der Waals surface area contributed by atoms with Gasteiger partial charge in [-0.05, 0) is 18.6 Å². The molecule has 1 heterocycles. The first-order valence-corrected chi connectivity index (χ1v) is 7.97. The molecule has 1 aliphatic heterocycles. The lowest BCUT2D eigenvalue weighted by Crippen LogP contribution is -2.43. The number of nitrogens with one attached hydrogen (secondary N) is 1. The Labute approximate surface area is 118 Å². The number of anilines is 1. The highest BCUT2D eigenvalue weighted by Gasteiger charge is 2.25. The average Bonchev–Trinajstić information content (AvgIpc) is 2.39. The molecule has 1 aliphatic rings. The van der Waals surface area contributed by atoms with E-state index in [2.05, 4.69) is 4.72 Å². The number of hydrogen-bond acceptors (Lipinski definition) is 3. The molecule has 1 aromatic carbocycles. The van der Waals surface area contributed by atoms with Gasteiger partial charge in [0.25, 0.3) is 0 Å². The molecule has 1 N–H and O–H groups in total. The zero-order valence-electron chi connectivity index (χ0n) is 10.7. The van der Waals surface area contributed by atoms with Crippen molar-refractivity contribution in [2.45, 2.75) is 12.3 Å². The molecule has 0 bridgehead atoms. The number of rotatable bonds is 4. The van der Waals surface area contributed by atoms with Crippen molar-refractivity contribution in [2.24, 2.45) is 0 Å². The Hall–Kier alpha value is -0.820. The summed E-state index contributed by atoms with van der Waals surface area (Å²) in [6.45, 7) is 3.40. The lowest BCUT2D eigenvalue weighted by molar-refractivity contribution is 0.0733. The van der Waals surface area contributed by atoms with Crippen molar-refractivity contribution in [3.8, 4) is 0 Å². The molecule has 0 amide bonds. The maximum atomic E-state index is 12.2. The predicted molar refractivity (Wildman–Crippen MR) is 75.6 cm³/mol. The standard InChI is InChI=1S/C12H17ClN2O3S/c1-10(13)11-4-2-3-5-12(11)14-19(16,17)15-6-8-18-9-7-15/h2-5,10,14H,6-9H2,1H3. The van der Waals surface area contributed by atoms with Gasteiger partial charge in [0.15, 0.2) is 0 Å². The molecule has 0 aromatic heterocycles. The van der Waals surface area contributed by atoms with Crippen LogP contribution in [-0.2, 0) is 14.9 Å². The maximum Gasteiger partial charge on any atom is 0.301 e. The molecule has 7 heteroatoms. The average molecular weight is 305 g/mol. The second kappa shape index (κ2) is 6.09. The monoisotopic (exact) mass is 304 g/mol. The topological polar surface area (TPSA) is 58.6 Å². The second-order valence-electron chi connectivity index (χ2n) is 4.32. The van der Waals surface area contributed by atoms with Crippen molar-refractivity contribution >= 4 is 27.5 Å². The number of ether oxygens (including phenoxy) is 1. The van der Waals surface area contributed by atoms with Crippen LogP contribution >= 0.6 is 11.6 Å². The van der Waals surface area contributed by atoms with Gasteiger partial charge in [0.2, 0.25) is 0 Å². The third kappa shape index (κ3) is 3.60. The molecular formula is C12H17ClN2O3S. The van der Waals surface area contributed by atoms with Crippen molar-refractivity contribution in [1.29, 1.82) is 0 Å². The van der Waals surface area contributed by atoms with Crippen molar-refractivity contribution < 1.29 is 13.2 Å². The second-order valence-corrected chi connectivity index (χ2v) is 6.65. The summed E-state index contributed by atoms with van der Waals surface area (Å²) in [5.41, 5.74) is 1.29. The van der Waals surface area contributed by atoms with Crippen molar-refractivity contribution in [3.63, 3.8) is 0 Å². The summed E-state index contributed by atoms with van der Waals surface area (Å²) in [5, 5.41) is -0.261. The van der Waals surface area contributed by atoms with E-state index in [1.54, 1.807) is 12.1 Å². The minimum Gasteiger partial charge on any atom is -0.379 e. The molecule has 1 atom stereocenters. The number of morpholine rings is 1. The summed E-state index contributed by atoms with van der Waals surface area (Å²) in [6.07, 6.45) is 0. The molecule has 1 unspecified atom stereocenters. The van der Waals surface area contributed by atoms with E-state index < -0.39 is 10.2 Å². The molecule has 1 aromatic rings. The van der Waals surface area contributed by atoms with Crippen LogP contribution < -0.4 is 4.72 Å². The van der Waals surface area contributed by atoms with Gasteiger partial charge in [-0.3, -0.25) is 4.72 Å². The molecule has 0 radical (unpaired) electrons. The van der Waals surface area contributed by atoms with Crippen molar-refractivity contribution in [1.82, 2.24) is 4.31 Å². The van der Waals surface area contributed by atoms with E-state index in [0.717, 1.165) is 5.56 Å². The fraction of sp³-hybridized carbons (Fsp3) is 0.500. The van der Waals surface area contributed by atoms with Crippen LogP contribution in [0.4, 0.5) is 5.69 Å². The van der Waals surface area contributed by atoms with Crippen LogP contribution in [0.25, 0.3) is 0 Å². The molecule has 0 saturated carbocycles. The summed E-state index contributed by atoms with van der Waals surface area (Å²) in [7, 11) is -3.55. The molecule has 106 valence electrons. The summed E-state index contributed by atoms with van der Waals surface area (Å²) >= 11 is 6.05. The summed E-state index contributed by atoms with van der Waals surface area (Å²) in [4.78, 5) is 0. The number of nitrogens with zero attached hydrogens (tertiary/aromatic N) is 1. The Bertz CT molecular complexity index is 528. The van der Waals surface area contributed by atoms with Crippen LogP contribution in [0.15, 0.2) is 24.3 Å². The molecule has 0 spiro atoms. The number of halogens is 1. The van der Waals surface area contributed by atoms with Crippen LogP contribution in [0.1, 0.15) is 17.9 Å². The SMILES string of the molecule is CC(Cl)c1ccccc1NS(=O)(=O)N1CCOCC1. The van der Waals surface area contributed by atoms with Gasteiger partial charge >= 0.3 is 10.2 Å². The highest BCUT2D eigenvalue weighted by Crippen LogP contribution is 2.28. The normalized spacial score (nSPS) is 19.1. The first kappa shape index (κ1) is 14.6. The minimum atomic E-state index is -3.55. The van der Waals surface area contributed by atoms with Crippen molar-refractivity contribution in [2.75, 3.05) is 31.0 Å². The van der Waals surface area contributed by atoms with Crippen molar-refractivity contribution in [3.05, 3.63) is 29.8 Å². The van der Waals surface area contributed by atoms with Gasteiger partial charge < -0.3 is 4.74 Å². The fourth-order valence-electron chi connectivity index (χ4n) is 1.93. The largest absolute Gasteiger partial charge is 0.379 e. The third-order valence-corrected chi connectivity index (χ3v) is 4.70. The highest BCUT2D eigenvalue weighted by molar-refractivity contribution is 7.90. The Kier molecular flexibility index (Phi) is 4.67. The minimum absolute atomic E-state index is 0.261. The third-order valence-electron chi connectivity index (χ3n) is 2.94. The maximum absolute atomic E-state index is 12.2. The summed E-state index contributed by atoms with van der Waals surface area (Å²) in [5.74, 6) is 0. The van der Waals surface area contributed by atoms with Gasteiger partial charge in [0.1, 0.15) is 0 Å². The van der Waals surface area contributed by atoms with E-state index >= 15 is 0 Å². The van der Waals surface area contributed by atoms with E-state index in [1.165, 1.54) is 4.31 Å². The van der Waals surface area contributed by atoms with Crippen LogP contribution in [0.2, 0.25) is 0 Å². The fourth-order valence-corrected chi connectivity index (χ4v) is 3.34. The molecule has 2 rings (SSSR count). The Morgan fingerprint density at radius 3 is 2.58 bits per heavy atom. The Morgan fingerprint density at radius 1 is 1.32 bits per heavy atom. The quantitative estimate of drug-likeness (QED) is 0.865. The van der Waals surface area contributed by atoms with Crippen LogP contribution in [0, 0.1) is 0 Å². The molecular weight excluding hydrogens is 288 g/mol. The van der Waals surface area contributed by atoms with E-state index in [9.17, 15) is 8.42 Å². The van der Waals surface area contributed by atoms with Gasteiger partial charge in [-0.25, -0.2) is 0 Å². The van der Waals surface area contributed by atoms with Gasteiger partial charge in [-0.2, -0.15) is 12.7 Å². The molecule has 1 fully saturated rings. The summed E-state index contributed by atoms with van der Waals surface area (Å²) in [6, 6.07) is 7.14. The Morgan fingerprint density at radius 2 is 1.95 bits per heavy atom. The Balaban J connectivity index is 2.20. The zero-order valence-corrected chi connectivity index (χ0v) is 12.2. The van der Waals surface area contributed by atoms with E-state index in [-0.39, 0.29) is 5.38 Å². The van der Waals surface area contributed by atoms with Crippen LogP contribution in [0.3, 0.4) is 0 Å².